The van der Waals surface area contributed by atoms with Crippen molar-refractivity contribution in [3.8, 4) is 11.8 Å². The van der Waals surface area contributed by atoms with Gasteiger partial charge in [0.1, 0.15) is 5.75 Å². The summed E-state index contributed by atoms with van der Waals surface area (Å²) in [5, 5.41) is 2.92. The number of carbonyl (C=O) groups is 2. The van der Waals surface area contributed by atoms with E-state index >= 15 is 0 Å². The first kappa shape index (κ1) is 17.2. The minimum absolute atomic E-state index is 0.0496. The van der Waals surface area contributed by atoms with Gasteiger partial charge in [-0.1, -0.05) is 11.8 Å². The average Bonchev–Trinajstić information content (AvgIpc) is 3.01. The lowest BCUT2D eigenvalue weighted by atomic mass is 10.2. The fraction of sp³-hybridized carbons (Fsp3) is 0.294. The molecule has 1 aliphatic rings. The van der Waals surface area contributed by atoms with Gasteiger partial charge in [0.2, 0.25) is 5.91 Å². The molecule has 0 saturated carbocycles. The van der Waals surface area contributed by atoms with Gasteiger partial charge in [-0.15, -0.1) is 0 Å². The molecule has 2 heterocycles. The summed E-state index contributed by atoms with van der Waals surface area (Å²) in [5.41, 5.74) is 1.59. The number of rotatable bonds is 6. The molecule has 2 aromatic rings. The van der Waals surface area contributed by atoms with Gasteiger partial charge in [0.15, 0.2) is 0 Å². The van der Waals surface area contributed by atoms with Crippen LogP contribution in [0.2, 0.25) is 0 Å². The van der Waals surface area contributed by atoms with Crippen LogP contribution in [0.3, 0.4) is 0 Å². The van der Waals surface area contributed by atoms with Crippen molar-refractivity contribution in [2.45, 2.75) is 13.3 Å². The van der Waals surface area contributed by atoms with E-state index in [1.54, 1.807) is 35.5 Å². The van der Waals surface area contributed by atoms with Crippen LogP contribution in [-0.4, -0.2) is 44.9 Å². The van der Waals surface area contributed by atoms with Crippen molar-refractivity contribution < 1.29 is 14.3 Å². The molecule has 2 amide bonds. The monoisotopic (exact) mass is 358 g/mol. The molecule has 7 nitrogen and oxygen atoms in total. The zero-order valence-corrected chi connectivity index (χ0v) is 14.6. The minimum Gasteiger partial charge on any atom is -0.424 e. The molecule has 0 aliphatic carbocycles. The third kappa shape index (κ3) is 4.69. The lowest BCUT2D eigenvalue weighted by Gasteiger charge is -2.15. The normalized spacial score (nSPS) is 13.8. The fourth-order valence-electron chi connectivity index (χ4n) is 2.36. The Morgan fingerprint density at radius 3 is 2.84 bits per heavy atom. The molecule has 25 heavy (non-hydrogen) atoms. The molecule has 1 fully saturated rings. The molecule has 1 N–H and O–H groups in total. The third-order valence-electron chi connectivity index (χ3n) is 3.68. The Kier molecular flexibility index (Phi) is 5.49. The highest BCUT2D eigenvalue weighted by Crippen LogP contribution is 2.24. The number of ether oxygens (including phenoxy) is 1. The van der Waals surface area contributed by atoms with Gasteiger partial charge in [-0.25, -0.2) is 9.97 Å². The van der Waals surface area contributed by atoms with Crippen molar-refractivity contribution in [1.82, 2.24) is 14.9 Å². The summed E-state index contributed by atoms with van der Waals surface area (Å²) in [6.07, 6.45) is 3.49. The molecular formula is C17H18N4O3S. The molecule has 0 radical (unpaired) electrons. The van der Waals surface area contributed by atoms with Crippen molar-refractivity contribution >= 4 is 28.6 Å². The van der Waals surface area contributed by atoms with Gasteiger partial charge >= 0.3 is 6.01 Å². The summed E-state index contributed by atoms with van der Waals surface area (Å²) in [7, 11) is 0. The van der Waals surface area contributed by atoms with Gasteiger partial charge < -0.3 is 15.0 Å². The number of amides is 2. The quantitative estimate of drug-likeness (QED) is 0.854. The second-order valence-electron chi connectivity index (χ2n) is 5.51. The molecule has 1 aliphatic heterocycles. The topological polar surface area (TPSA) is 84.4 Å². The molecule has 130 valence electrons. The Bertz CT molecular complexity index is 770. The maximum Gasteiger partial charge on any atom is 0.321 e. The summed E-state index contributed by atoms with van der Waals surface area (Å²) >= 11 is 1.30. The fourth-order valence-corrected chi connectivity index (χ4v) is 3.21. The summed E-state index contributed by atoms with van der Waals surface area (Å²) in [6, 6.07) is 7.33. The van der Waals surface area contributed by atoms with Crippen LogP contribution in [0.1, 0.15) is 12.0 Å². The highest BCUT2D eigenvalue weighted by atomic mass is 32.2. The Morgan fingerprint density at radius 1 is 1.36 bits per heavy atom. The largest absolute Gasteiger partial charge is 0.424 e. The van der Waals surface area contributed by atoms with E-state index in [-0.39, 0.29) is 23.6 Å². The van der Waals surface area contributed by atoms with E-state index in [9.17, 15) is 9.59 Å². The van der Waals surface area contributed by atoms with Crippen LogP contribution in [0, 0.1) is 6.92 Å². The molecule has 8 heteroatoms. The van der Waals surface area contributed by atoms with Gasteiger partial charge in [-0.2, -0.15) is 0 Å². The van der Waals surface area contributed by atoms with E-state index in [0.717, 1.165) is 11.3 Å². The second kappa shape index (κ2) is 7.98. The summed E-state index contributed by atoms with van der Waals surface area (Å²) in [4.78, 5) is 33.3. The van der Waals surface area contributed by atoms with Gasteiger partial charge in [-0.3, -0.25) is 9.59 Å². The number of nitrogens with zero attached hydrogens (tertiary/aromatic N) is 3. The van der Waals surface area contributed by atoms with Gasteiger partial charge in [0.25, 0.3) is 5.24 Å². The van der Waals surface area contributed by atoms with Crippen LogP contribution in [-0.2, 0) is 4.79 Å². The summed E-state index contributed by atoms with van der Waals surface area (Å²) in [6.45, 7) is 3.04. The third-order valence-corrected chi connectivity index (χ3v) is 4.57. The first-order chi connectivity index (χ1) is 12.1. The second-order valence-corrected chi connectivity index (χ2v) is 6.56. The number of aromatic nitrogens is 2. The zero-order valence-electron chi connectivity index (χ0n) is 13.8. The predicted molar refractivity (Wildman–Crippen MR) is 96.0 cm³/mol. The van der Waals surface area contributed by atoms with E-state index in [1.165, 1.54) is 11.8 Å². The van der Waals surface area contributed by atoms with Crippen LogP contribution >= 0.6 is 11.8 Å². The lowest BCUT2D eigenvalue weighted by molar-refractivity contribution is -0.116. The number of carbonyl (C=O) groups excluding carboxylic acids is 2. The van der Waals surface area contributed by atoms with E-state index in [0.29, 0.717) is 24.5 Å². The Balaban J connectivity index is 1.55. The molecule has 0 unspecified atom stereocenters. The maximum atomic E-state index is 12.1. The summed E-state index contributed by atoms with van der Waals surface area (Å²) < 4.78 is 5.56. The molecule has 1 aromatic heterocycles. The van der Waals surface area contributed by atoms with Crippen LogP contribution in [0.25, 0.3) is 0 Å². The SMILES string of the molecule is Cc1cc(Oc2ncccn2)ccc1NC(=O)CCN1CCSC1=O. The molecule has 0 bridgehead atoms. The zero-order chi connectivity index (χ0) is 17.6. The maximum absolute atomic E-state index is 12.1. The van der Waals surface area contributed by atoms with Crippen LogP contribution in [0.15, 0.2) is 36.7 Å². The van der Waals surface area contributed by atoms with Gasteiger partial charge in [0, 0.05) is 43.3 Å². The van der Waals surface area contributed by atoms with Crippen LogP contribution in [0.4, 0.5) is 10.5 Å². The molecule has 1 aromatic carbocycles. The first-order valence-corrected chi connectivity index (χ1v) is 8.87. The standard InChI is InChI=1S/C17H18N4O3S/c1-12-11-13(24-16-18-6-2-7-19-16)3-4-14(12)20-15(22)5-8-21-9-10-25-17(21)23/h2-4,6-7,11H,5,8-10H2,1H3,(H,20,22). The van der Waals surface area contributed by atoms with Crippen molar-refractivity contribution in [3.63, 3.8) is 0 Å². The van der Waals surface area contributed by atoms with Crippen LogP contribution in [0.5, 0.6) is 11.8 Å². The molecular weight excluding hydrogens is 340 g/mol. The highest BCUT2D eigenvalue weighted by molar-refractivity contribution is 8.13. The average molecular weight is 358 g/mol. The van der Waals surface area contributed by atoms with Crippen molar-refractivity contribution in [2.24, 2.45) is 0 Å². The number of nitrogens with one attached hydrogen (secondary N) is 1. The molecule has 1 saturated heterocycles. The number of anilines is 1. The molecule has 0 atom stereocenters. The van der Waals surface area contributed by atoms with E-state index in [4.69, 9.17) is 4.74 Å². The van der Waals surface area contributed by atoms with E-state index in [1.807, 2.05) is 13.0 Å². The van der Waals surface area contributed by atoms with E-state index < -0.39 is 0 Å². The smallest absolute Gasteiger partial charge is 0.321 e. The van der Waals surface area contributed by atoms with Gasteiger partial charge in [-0.05, 0) is 36.8 Å². The predicted octanol–water partition coefficient (Wildman–Crippen LogP) is 3.07. The number of hydrogen-bond donors (Lipinski definition) is 1. The number of aryl methyl sites for hydroxylation is 1. The minimum atomic E-state index is -0.118. The number of benzene rings is 1. The van der Waals surface area contributed by atoms with Crippen molar-refractivity contribution in [1.29, 1.82) is 0 Å². The number of thioether (sulfide) groups is 1. The molecule has 3 rings (SSSR count). The molecule has 0 spiro atoms. The Labute approximate surface area is 149 Å². The Hall–Kier alpha value is -2.61. The first-order valence-electron chi connectivity index (χ1n) is 7.89. The highest BCUT2D eigenvalue weighted by Gasteiger charge is 2.21. The summed E-state index contributed by atoms with van der Waals surface area (Å²) in [5.74, 6) is 1.28. The van der Waals surface area contributed by atoms with Gasteiger partial charge in [0.05, 0.1) is 0 Å². The van der Waals surface area contributed by atoms with Crippen molar-refractivity contribution in [2.75, 3.05) is 24.2 Å². The van der Waals surface area contributed by atoms with Crippen molar-refractivity contribution in [3.05, 3.63) is 42.2 Å². The number of hydrogen-bond acceptors (Lipinski definition) is 6. The van der Waals surface area contributed by atoms with Crippen LogP contribution < -0.4 is 10.1 Å². The Morgan fingerprint density at radius 2 is 2.16 bits per heavy atom. The van der Waals surface area contributed by atoms with E-state index in [2.05, 4.69) is 15.3 Å². The lowest BCUT2D eigenvalue weighted by Crippen LogP contribution is -2.27.